The van der Waals surface area contributed by atoms with E-state index in [1.807, 2.05) is 36.5 Å². The summed E-state index contributed by atoms with van der Waals surface area (Å²) in [6.07, 6.45) is 4.97. The van der Waals surface area contributed by atoms with Crippen LogP contribution in [0.4, 0.5) is 0 Å². The summed E-state index contributed by atoms with van der Waals surface area (Å²) in [7, 11) is 0. The number of nitriles is 1. The van der Waals surface area contributed by atoms with Crippen molar-refractivity contribution >= 4 is 23.2 Å². The number of hydrogen-bond donors (Lipinski definition) is 0. The van der Waals surface area contributed by atoms with Gasteiger partial charge in [0.25, 0.3) is 0 Å². The fourth-order valence-corrected chi connectivity index (χ4v) is 2.23. The van der Waals surface area contributed by atoms with Gasteiger partial charge in [-0.05, 0) is 35.9 Å². The molecule has 0 aliphatic rings. The summed E-state index contributed by atoms with van der Waals surface area (Å²) in [5, 5.41) is 17.6. The van der Waals surface area contributed by atoms with Gasteiger partial charge in [0.05, 0.1) is 11.6 Å². The number of rotatable bonds is 2. The normalized spacial score (nSPS) is 11.0. The smallest absolute Gasteiger partial charge is 0.121 e. The lowest BCUT2D eigenvalue weighted by atomic mass is 10.0. The average Bonchev–Trinajstić information content (AvgIpc) is 2.89. The molecule has 3 aromatic rings. The van der Waals surface area contributed by atoms with Crippen molar-refractivity contribution in [3.8, 4) is 17.3 Å². The van der Waals surface area contributed by atoms with Crippen LogP contribution >= 0.6 is 11.6 Å². The zero-order valence-corrected chi connectivity index (χ0v) is 11.1. The summed E-state index contributed by atoms with van der Waals surface area (Å²) in [5.74, 6) is 0. The third-order valence-corrected chi connectivity index (χ3v) is 3.16. The van der Waals surface area contributed by atoms with Crippen LogP contribution in [-0.4, -0.2) is 14.8 Å². The monoisotopic (exact) mass is 280 g/mol. The molecule has 0 fully saturated rings. The highest BCUT2D eigenvalue weighted by molar-refractivity contribution is 6.30. The standard InChI is InChI=1S/C15H9ClN4/c16-12-6-7-13(11(10-12)4-3-8-17)15-14-5-1-2-9-20(14)19-18-15/h1-7,9-10H/b4-3+. The summed E-state index contributed by atoms with van der Waals surface area (Å²) in [6.45, 7) is 0. The Morgan fingerprint density at radius 3 is 3.00 bits per heavy atom. The average molecular weight is 281 g/mol. The Hall–Kier alpha value is -2.64. The minimum atomic E-state index is 0.614. The molecule has 0 aliphatic carbocycles. The Morgan fingerprint density at radius 2 is 2.15 bits per heavy atom. The lowest BCUT2D eigenvalue weighted by Crippen LogP contribution is -1.86. The molecule has 1 aromatic carbocycles. The minimum Gasteiger partial charge on any atom is -0.220 e. The van der Waals surface area contributed by atoms with Crippen LogP contribution in [0.5, 0.6) is 0 Å². The third kappa shape index (κ3) is 2.15. The zero-order valence-electron chi connectivity index (χ0n) is 10.4. The molecular formula is C15H9ClN4. The van der Waals surface area contributed by atoms with Crippen molar-refractivity contribution in [2.45, 2.75) is 0 Å². The number of pyridine rings is 1. The van der Waals surface area contributed by atoms with E-state index in [9.17, 15) is 0 Å². The van der Waals surface area contributed by atoms with E-state index in [2.05, 4.69) is 10.3 Å². The van der Waals surface area contributed by atoms with Gasteiger partial charge in [0, 0.05) is 22.9 Å². The van der Waals surface area contributed by atoms with Crippen molar-refractivity contribution in [2.75, 3.05) is 0 Å². The van der Waals surface area contributed by atoms with E-state index in [4.69, 9.17) is 16.9 Å². The number of nitrogens with zero attached hydrogens (tertiary/aromatic N) is 4. The predicted octanol–water partition coefficient (Wildman–Crippen LogP) is 3.59. The fourth-order valence-electron chi connectivity index (χ4n) is 2.05. The van der Waals surface area contributed by atoms with E-state index < -0.39 is 0 Å². The molecule has 0 saturated heterocycles. The Morgan fingerprint density at radius 1 is 1.25 bits per heavy atom. The van der Waals surface area contributed by atoms with Crippen molar-refractivity contribution in [1.29, 1.82) is 5.26 Å². The van der Waals surface area contributed by atoms with Gasteiger partial charge < -0.3 is 0 Å². The molecule has 2 aromatic heterocycles. The van der Waals surface area contributed by atoms with Gasteiger partial charge in [-0.3, -0.25) is 0 Å². The minimum absolute atomic E-state index is 0.614. The molecule has 0 spiro atoms. The largest absolute Gasteiger partial charge is 0.220 e. The summed E-state index contributed by atoms with van der Waals surface area (Å²) in [6, 6.07) is 13.2. The Bertz CT molecular complexity index is 842. The van der Waals surface area contributed by atoms with Gasteiger partial charge in [0.2, 0.25) is 0 Å². The van der Waals surface area contributed by atoms with E-state index in [1.54, 1.807) is 22.7 Å². The second kappa shape index (κ2) is 5.16. The van der Waals surface area contributed by atoms with Gasteiger partial charge in [0.1, 0.15) is 5.69 Å². The number of fused-ring (bicyclic) bond motifs is 1. The summed E-state index contributed by atoms with van der Waals surface area (Å²) in [5.41, 5.74) is 3.40. The molecular weight excluding hydrogens is 272 g/mol. The molecule has 5 heteroatoms. The second-order valence-electron chi connectivity index (χ2n) is 4.16. The molecule has 4 nitrogen and oxygen atoms in total. The van der Waals surface area contributed by atoms with E-state index in [0.717, 1.165) is 22.3 Å². The lowest BCUT2D eigenvalue weighted by Gasteiger charge is -2.04. The van der Waals surface area contributed by atoms with Crippen molar-refractivity contribution in [1.82, 2.24) is 14.8 Å². The maximum atomic E-state index is 8.69. The van der Waals surface area contributed by atoms with Crippen LogP contribution in [0, 0.1) is 11.3 Å². The van der Waals surface area contributed by atoms with Crippen LogP contribution in [0.3, 0.4) is 0 Å². The lowest BCUT2D eigenvalue weighted by molar-refractivity contribution is 0.857. The number of hydrogen-bond acceptors (Lipinski definition) is 3. The van der Waals surface area contributed by atoms with Gasteiger partial charge in [-0.2, -0.15) is 5.26 Å². The van der Waals surface area contributed by atoms with E-state index in [-0.39, 0.29) is 0 Å². The van der Waals surface area contributed by atoms with Gasteiger partial charge >= 0.3 is 0 Å². The molecule has 0 radical (unpaired) electrons. The van der Waals surface area contributed by atoms with Gasteiger partial charge in [-0.25, -0.2) is 4.52 Å². The highest BCUT2D eigenvalue weighted by Crippen LogP contribution is 2.28. The van der Waals surface area contributed by atoms with Crippen molar-refractivity contribution in [3.05, 3.63) is 59.3 Å². The van der Waals surface area contributed by atoms with Crippen LogP contribution in [0.1, 0.15) is 5.56 Å². The summed E-state index contributed by atoms with van der Waals surface area (Å²) in [4.78, 5) is 0. The SMILES string of the molecule is N#C/C=C/c1cc(Cl)ccc1-c1nnn2ccccc12. The van der Waals surface area contributed by atoms with Crippen LogP contribution in [0.25, 0.3) is 22.9 Å². The van der Waals surface area contributed by atoms with Gasteiger partial charge in [0.15, 0.2) is 0 Å². The highest BCUT2D eigenvalue weighted by atomic mass is 35.5. The number of aromatic nitrogens is 3. The van der Waals surface area contributed by atoms with Gasteiger partial charge in [-0.1, -0.05) is 28.9 Å². The molecule has 0 N–H and O–H groups in total. The first kappa shape index (κ1) is 12.4. The van der Waals surface area contributed by atoms with Crippen molar-refractivity contribution in [3.63, 3.8) is 0 Å². The number of allylic oxidation sites excluding steroid dienone is 1. The van der Waals surface area contributed by atoms with E-state index >= 15 is 0 Å². The van der Waals surface area contributed by atoms with Gasteiger partial charge in [-0.15, -0.1) is 5.10 Å². The summed E-state index contributed by atoms with van der Waals surface area (Å²) < 4.78 is 1.71. The molecule has 3 rings (SSSR count). The molecule has 96 valence electrons. The van der Waals surface area contributed by atoms with Crippen molar-refractivity contribution in [2.24, 2.45) is 0 Å². The Labute approximate surface area is 120 Å². The molecule has 0 bridgehead atoms. The molecule has 0 aliphatic heterocycles. The molecule has 20 heavy (non-hydrogen) atoms. The molecule has 0 amide bonds. The predicted molar refractivity (Wildman–Crippen MR) is 78.1 cm³/mol. The molecule has 0 unspecified atom stereocenters. The Kier molecular flexibility index (Phi) is 3.20. The van der Waals surface area contributed by atoms with Crippen LogP contribution < -0.4 is 0 Å². The molecule has 0 atom stereocenters. The number of halogens is 1. The van der Waals surface area contributed by atoms with E-state index in [0.29, 0.717) is 5.02 Å². The maximum absolute atomic E-state index is 8.69. The Balaban J connectivity index is 2.24. The zero-order chi connectivity index (χ0) is 13.9. The first-order valence-electron chi connectivity index (χ1n) is 5.96. The topological polar surface area (TPSA) is 54.0 Å². The third-order valence-electron chi connectivity index (χ3n) is 2.93. The van der Waals surface area contributed by atoms with Crippen LogP contribution in [0.15, 0.2) is 48.7 Å². The first-order valence-corrected chi connectivity index (χ1v) is 6.33. The van der Waals surface area contributed by atoms with Crippen molar-refractivity contribution < 1.29 is 0 Å². The quantitative estimate of drug-likeness (QED) is 0.674. The second-order valence-corrected chi connectivity index (χ2v) is 4.60. The highest BCUT2D eigenvalue weighted by Gasteiger charge is 2.11. The molecule has 2 heterocycles. The van der Waals surface area contributed by atoms with E-state index in [1.165, 1.54) is 6.08 Å². The maximum Gasteiger partial charge on any atom is 0.121 e. The number of benzene rings is 1. The molecule has 0 saturated carbocycles. The van der Waals surface area contributed by atoms with Crippen LogP contribution in [-0.2, 0) is 0 Å². The summed E-state index contributed by atoms with van der Waals surface area (Å²) >= 11 is 6.02. The van der Waals surface area contributed by atoms with Crippen LogP contribution in [0.2, 0.25) is 5.02 Å². The first-order chi connectivity index (χ1) is 9.79. The fraction of sp³-hybridized carbons (Fsp3) is 0.